The number of rotatable bonds is 4. The predicted molar refractivity (Wildman–Crippen MR) is 117 cm³/mol. The third-order valence-electron chi connectivity index (χ3n) is 5.91. The summed E-state index contributed by atoms with van der Waals surface area (Å²) in [4.78, 5) is 27.8. The molecule has 0 radical (unpaired) electrons. The first-order valence-corrected chi connectivity index (χ1v) is 9.91. The number of fused-ring (bicyclic) bond motifs is 1. The van der Waals surface area contributed by atoms with E-state index in [1.165, 1.54) is 0 Å². The molecule has 7 heteroatoms. The standard InChI is InChI=1S/C24H18N2O5/c1-13-18(12-20(27)28)22(15-4-2-3-5-16(15)24(13)26(29)30)17-6-7-19-21-14(9-11-31-19)8-10-25-23(17)21/h2-8,10H,9,11-12H2,1H3,(H,27,28). The number of nitro benzene ring substituents is 1. The molecule has 1 aliphatic rings. The minimum Gasteiger partial charge on any atom is -0.493 e. The zero-order chi connectivity index (χ0) is 21.7. The topological polar surface area (TPSA) is 103 Å². The van der Waals surface area contributed by atoms with Gasteiger partial charge in [-0.3, -0.25) is 19.9 Å². The van der Waals surface area contributed by atoms with Crippen molar-refractivity contribution >= 4 is 33.3 Å². The highest BCUT2D eigenvalue weighted by atomic mass is 16.6. The molecule has 0 unspecified atom stereocenters. The minimum atomic E-state index is -1.05. The summed E-state index contributed by atoms with van der Waals surface area (Å²) in [6.07, 6.45) is 2.18. The van der Waals surface area contributed by atoms with Crippen molar-refractivity contribution in [2.24, 2.45) is 0 Å². The molecule has 2 heterocycles. The van der Waals surface area contributed by atoms with Gasteiger partial charge in [0.2, 0.25) is 0 Å². The van der Waals surface area contributed by atoms with Crippen LogP contribution >= 0.6 is 0 Å². The van der Waals surface area contributed by atoms with E-state index in [4.69, 9.17) is 4.74 Å². The summed E-state index contributed by atoms with van der Waals surface area (Å²) in [5, 5.41) is 23.5. The lowest BCUT2D eigenvalue weighted by Gasteiger charge is -2.21. The van der Waals surface area contributed by atoms with Crippen LogP contribution in [-0.2, 0) is 17.6 Å². The normalized spacial score (nSPS) is 12.7. The average Bonchev–Trinajstić information content (AvgIpc) is 2.75. The quantitative estimate of drug-likeness (QED) is 0.379. The van der Waals surface area contributed by atoms with Gasteiger partial charge >= 0.3 is 5.97 Å². The van der Waals surface area contributed by atoms with Gasteiger partial charge in [-0.15, -0.1) is 0 Å². The second-order valence-electron chi connectivity index (χ2n) is 7.60. The smallest absolute Gasteiger partial charge is 0.307 e. The number of carbonyl (C=O) groups is 1. The van der Waals surface area contributed by atoms with Crippen LogP contribution < -0.4 is 4.74 Å². The second-order valence-corrected chi connectivity index (χ2v) is 7.60. The van der Waals surface area contributed by atoms with Crippen molar-refractivity contribution in [1.29, 1.82) is 0 Å². The van der Waals surface area contributed by atoms with Crippen molar-refractivity contribution < 1.29 is 19.6 Å². The summed E-state index contributed by atoms with van der Waals surface area (Å²) in [6, 6.07) is 12.8. The van der Waals surface area contributed by atoms with E-state index in [1.807, 2.05) is 18.2 Å². The van der Waals surface area contributed by atoms with Crippen molar-refractivity contribution in [3.63, 3.8) is 0 Å². The molecule has 0 fully saturated rings. The fourth-order valence-electron chi connectivity index (χ4n) is 4.62. The Hall–Kier alpha value is -4.00. The Labute approximate surface area is 177 Å². The number of ether oxygens (including phenoxy) is 1. The van der Waals surface area contributed by atoms with Crippen molar-refractivity contribution in [1.82, 2.24) is 4.98 Å². The van der Waals surface area contributed by atoms with Gasteiger partial charge in [0.25, 0.3) is 5.69 Å². The fraction of sp³-hybridized carbons (Fsp3) is 0.167. The van der Waals surface area contributed by atoms with Crippen molar-refractivity contribution in [2.75, 3.05) is 6.61 Å². The Morgan fingerprint density at radius 3 is 2.71 bits per heavy atom. The first-order chi connectivity index (χ1) is 15.0. The van der Waals surface area contributed by atoms with Crippen LogP contribution in [-0.4, -0.2) is 27.6 Å². The molecule has 5 rings (SSSR count). The van der Waals surface area contributed by atoms with E-state index in [9.17, 15) is 20.0 Å². The number of hydrogen-bond acceptors (Lipinski definition) is 5. The molecule has 0 spiro atoms. The van der Waals surface area contributed by atoms with E-state index in [0.29, 0.717) is 39.6 Å². The van der Waals surface area contributed by atoms with Gasteiger partial charge in [0.15, 0.2) is 0 Å². The lowest BCUT2D eigenvalue weighted by Crippen LogP contribution is -2.10. The molecule has 4 aromatic rings. The van der Waals surface area contributed by atoms with Gasteiger partial charge in [0.05, 0.1) is 28.9 Å². The Kier molecular flexibility index (Phi) is 4.32. The highest BCUT2D eigenvalue weighted by Crippen LogP contribution is 2.45. The van der Waals surface area contributed by atoms with Gasteiger partial charge in [-0.2, -0.15) is 0 Å². The molecular weight excluding hydrogens is 396 g/mol. The number of aliphatic carboxylic acids is 1. The molecule has 7 nitrogen and oxygen atoms in total. The molecule has 154 valence electrons. The van der Waals surface area contributed by atoms with Gasteiger partial charge in [0, 0.05) is 29.1 Å². The van der Waals surface area contributed by atoms with Gasteiger partial charge < -0.3 is 9.84 Å². The first-order valence-electron chi connectivity index (χ1n) is 9.91. The number of nitro groups is 1. The SMILES string of the molecule is Cc1c(CC(=O)O)c(-c2ccc3c4c(ccnc24)CCO3)c2ccccc2c1[N+](=O)[O-]. The largest absolute Gasteiger partial charge is 0.493 e. The van der Waals surface area contributed by atoms with E-state index in [2.05, 4.69) is 4.98 Å². The molecule has 1 aliphatic heterocycles. The summed E-state index contributed by atoms with van der Waals surface area (Å²) < 4.78 is 5.82. The minimum absolute atomic E-state index is 0.0605. The second kappa shape index (κ2) is 7.05. The molecular formula is C24H18N2O5. The number of hydrogen-bond donors (Lipinski definition) is 1. The van der Waals surface area contributed by atoms with E-state index in [1.54, 1.807) is 37.4 Å². The molecule has 1 aromatic heterocycles. The highest BCUT2D eigenvalue weighted by molar-refractivity contribution is 6.11. The molecule has 0 saturated carbocycles. The molecule has 0 saturated heterocycles. The van der Waals surface area contributed by atoms with Gasteiger partial charge in [0.1, 0.15) is 5.75 Å². The van der Waals surface area contributed by atoms with Crippen LogP contribution in [0.3, 0.4) is 0 Å². The highest BCUT2D eigenvalue weighted by Gasteiger charge is 2.27. The lowest BCUT2D eigenvalue weighted by atomic mass is 9.85. The van der Waals surface area contributed by atoms with Crippen molar-refractivity contribution in [2.45, 2.75) is 19.8 Å². The van der Waals surface area contributed by atoms with Crippen molar-refractivity contribution in [3.05, 3.63) is 75.5 Å². The molecule has 1 N–H and O–H groups in total. The van der Waals surface area contributed by atoms with Gasteiger partial charge in [-0.1, -0.05) is 18.2 Å². The van der Waals surface area contributed by atoms with Crippen LogP contribution in [0.4, 0.5) is 5.69 Å². The summed E-state index contributed by atoms with van der Waals surface area (Å²) in [5.74, 6) is -0.302. The summed E-state index contributed by atoms with van der Waals surface area (Å²) in [5.41, 5.74) is 3.97. The first kappa shape index (κ1) is 19.0. The van der Waals surface area contributed by atoms with E-state index in [-0.39, 0.29) is 12.1 Å². The Morgan fingerprint density at radius 2 is 1.97 bits per heavy atom. The third kappa shape index (κ3) is 2.89. The molecule has 0 aliphatic carbocycles. The Bertz CT molecular complexity index is 1400. The third-order valence-corrected chi connectivity index (χ3v) is 5.91. The maximum Gasteiger partial charge on any atom is 0.307 e. The summed E-state index contributed by atoms with van der Waals surface area (Å²) >= 11 is 0. The molecule has 0 bridgehead atoms. The number of nitrogens with zero attached hydrogens (tertiary/aromatic N) is 2. The van der Waals surface area contributed by atoms with E-state index >= 15 is 0 Å². The summed E-state index contributed by atoms with van der Waals surface area (Å²) in [6.45, 7) is 2.21. The lowest BCUT2D eigenvalue weighted by molar-refractivity contribution is -0.383. The Morgan fingerprint density at radius 1 is 1.19 bits per heavy atom. The molecule has 3 aromatic carbocycles. The van der Waals surface area contributed by atoms with Crippen LogP contribution in [0.2, 0.25) is 0 Å². The number of pyridine rings is 1. The Balaban J connectivity index is 1.97. The molecule has 0 amide bonds. The van der Waals surface area contributed by atoms with Crippen LogP contribution in [0.15, 0.2) is 48.7 Å². The number of benzene rings is 3. The van der Waals surface area contributed by atoms with Crippen LogP contribution in [0.5, 0.6) is 5.75 Å². The van der Waals surface area contributed by atoms with E-state index < -0.39 is 10.9 Å². The van der Waals surface area contributed by atoms with Crippen LogP contribution in [0, 0.1) is 17.0 Å². The number of carboxylic acids is 1. The molecule has 0 atom stereocenters. The zero-order valence-electron chi connectivity index (χ0n) is 16.7. The monoisotopic (exact) mass is 414 g/mol. The molecule has 31 heavy (non-hydrogen) atoms. The van der Waals surface area contributed by atoms with Crippen LogP contribution in [0.1, 0.15) is 16.7 Å². The fourth-order valence-corrected chi connectivity index (χ4v) is 4.62. The van der Waals surface area contributed by atoms with Gasteiger partial charge in [-0.05, 0) is 53.3 Å². The average molecular weight is 414 g/mol. The van der Waals surface area contributed by atoms with Gasteiger partial charge in [-0.25, -0.2) is 0 Å². The maximum absolute atomic E-state index is 11.9. The summed E-state index contributed by atoms with van der Waals surface area (Å²) in [7, 11) is 0. The van der Waals surface area contributed by atoms with Crippen LogP contribution in [0.25, 0.3) is 32.8 Å². The number of carboxylic acid groups (broad SMARTS) is 1. The predicted octanol–water partition coefficient (Wildman–Crippen LogP) is 4.83. The number of aromatic nitrogens is 1. The zero-order valence-corrected chi connectivity index (χ0v) is 16.7. The maximum atomic E-state index is 11.9. The van der Waals surface area contributed by atoms with E-state index in [0.717, 1.165) is 28.7 Å². The van der Waals surface area contributed by atoms with Crippen molar-refractivity contribution in [3.8, 4) is 16.9 Å².